The van der Waals surface area contributed by atoms with Crippen molar-refractivity contribution in [2.75, 3.05) is 13.1 Å². The Bertz CT molecular complexity index is 255. The van der Waals surface area contributed by atoms with Crippen molar-refractivity contribution >= 4 is 0 Å². The molecule has 1 saturated heterocycles. The van der Waals surface area contributed by atoms with Crippen molar-refractivity contribution < 1.29 is 4.42 Å². The molecule has 2 N–H and O–H groups in total. The SMILES string of the molecule is Cc1cnc(CNC2CNC2)o1. The molecule has 0 atom stereocenters. The van der Waals surface area contributed by atoms with Gasteiger partial charge in [-0.3, -0.25) is 0 Å². The molecule has 1 fully saturated rings. The van der Waals surface area contributed by atoms with Crippen LogP contribution < -0.4 is 10.6 Å². The van der Waals surface area contributed by atoms with Crippen LogP contribution in [0.1, 0.15) is 11.7 Å². The van der Waals surface area contributed by atoms with Gasteiger partial charge in [0.2, 0.25) is 5.89 Å². The van der Waals surface area contributed by atoms with Gasteiger partial charge in [0.15, 0.2) is 0 Å². The van der Waals surface area contributed by atoms with Gasteiger partial charge in [-0.15, -0.1) is 0 Å². The Kier molecular flexibility index (Phi) is 2.10. The molecule has 0 saturated carbocycles. The molecule has 4 nitrogen and oxygen atoms in total. The van der Waals surface area contributed by atoms with Crippen LogP contribution in [-0.4, -0.2) is 24.1 Å². The molecule has 1 aliphatic rings. The maximum atomic E-state index is 5.31. The molecular formula is C8H13N3O. The number of nitrogens with one attached hydrogen (secondary N) is 2. The molecule has 0 bridgehead atoms. The number of nitrogens with zero attached hydrogens (tertiary/aromatic N) is 1. The Morgan fingerprint density at radius 3 is 3.08 bits per heavy atom. The van der Waals surface area contributed by atoms with E-state index in [0.717, 1.165) is 31.3 Å². The molecule has 1 aliphatic heterocycles. The predicted molar refractivity (Wildman–Crippen MR) is 44.7 cm³/mol. The van der Waals surface area contributed by atoms with Gasteiger partial charge >= 0.3 is 0 Å². The van der Waals surface area contributed by atoms with Crippen molar-refractivity contribution in [3.8, 4) is 0 Å². The second-order valence-corrected chi connectivity index (χ2v) is 3.10. The van der Waals surface area contributed by atoms with Crippen LogP contribution in [0.4, 0.5) is 0 Å². The van der Waals surface area contributed by atoms with Crippen LogP contribution in [-0.2, 0) is 6.54 Å². The fraction of sp³-hybridized carbons (Fsp3) is 0.625. The summed E-state index contributed by atoms with van der Waals surface area (Å²) in [6.45, 7) is 4.75. The summed E-state index contributed by atoms with van der Waals surface area (Å²) in [6.07, 6.45) is 1.75. The summed E-state index contributed by atoms with van der Waals surface area (Å²) >= 11 is 0. The highest BCUT2D eigenvalue weighted by atomic mass is 16.4. The van der Waals surface area contributed by atoms with Gasteiger partial charge in [0.1, 0.15) is 5.76 Å². The van der Waals surface area contributed by atoms with E-state index in [1.54, 1.807) is 6.20 Å². The molecule has 4 heteroatoms. The largest absolute Gasteiger partial charge is 0.445 e. The average Bonchev–Trinajstić information content (AvgIpc) is 2.32. The zero-order chi connectivity index (χ0) is 8.39. The minimum absolute atomic E-state index is 0.595. The highest BCUT2D eigenvalue weighted by Gasteiger charge is 2.15. The second-order valence-electron chi connectivity index (χ2n) is 3.10. The van der Waals surface area contributed by atoms with Crippen LogP contribution in [0, 0.1) is 6.92 Å². The Balaban J connectivity index is 1.79. The lowest BCUT2D eigenvalue weighted by Crippen LogP contribution is -2.55. The zero-order valence-electron chi connectivity index (χ0n) is 7.13. The number of aromatic nitrogens is 1. The normalized spacial score (nSPS) is 17.8. The van der Waals surface area contributed by atoms with E-state index in [4.69, 9.17) is 4.42 Å². The van der Waals surface area contributed by atoms with Crippen LogP contribution in [0.15, 0.2) is 10.6 Å². The minimum Gasteiger partial charge on any atom is -0.445 e. The van der Waals surface area contributed by atoms with Crippen LogP contribution in [0.2, 0.25) is 0 Å². The molecule has 0 aromatic carbocycles. The highest BCUT2D eigenvalue weighted by Crippen LogP contribution is 2.01. The summed E-state index contributed by atoms with van der Waals surface area (Å²) in [7, 11) is 0. The van der Waals surface area contributed by atoms with Gasteiger partial charge < -0.3 is 15.1 Å². The molecule has 1 aromatic rings. The summed E-state index contributed by atoms with van der Waals surface area (Å²) in [5, 5.41) is 6.52. The van der Waals surface area contributed by atoms with Crippen molar-refractivity contribution in [3.63, 3.8) is 0 Å². The fourth-order valence-electron chi connectivity index (χ4n) is 1.15. The third kappa shape index (κ3) is 1.65. The Morgan fingerprint density at radius 2 is 2.58 bits per heavy atom. The molecule has 12 heavy (non-hydrogen) atoms. The molecule has 0 aliphatic carbocycles. The zero-order valence-corrected chi connectivity index (χ0v) is 7.13. The second kappa shape index (κ2) is 3.25. The van der Waals surface area contributed by atoms with Crippen LogP contribution in [0.3, 0.4) is 0 Å². The summed E-state index contributed by atoms with van der Waals surface area (Å²) in [4.78, 5) is 4.10. The van der Waals surface area contributed by atoms with Crippen molar-refractivity contribution in [3.05, 3.63) is 17.8 Å². The first-order chi connectivity index (χ1) is 5.84. The van der Waals surface area contributed by atoms with Crippen LogP contribution in [0.5, 0.6) is 0 Å². The van der Waals surface area contributed by atoms with Gasteiger partial charge in [0.25, 0.3) is 0 Å². The van der Waals surface area contributed by atoms with E-state index in [1.165, 1.54) is 0 Å². The maximum absolute atomic E-state index is 5.31. The Labute approximate surface area is 71.4 Å². The summed E-state index contributed by atoms with van der Waals surface area (Å²) in [6, 6.07) is 0.595. The van der Waals surface area contributed by atoms with E-state index >= 15 is 0 Å². The van der Waals surface area contributed by atoms with E-state index in [9.17, 15) is 0 Å². The number of aryl methyl sites for hydroxylation is 1. The molecule has 0 unspecified atom stereocenters. The van der Waals surface area contributed by atoms with E-state index < -0.39 is 0 Å². The van der Waals surface area contributed by atoms with E-state index in [-0.39, 0.29) is 0 Å². The van der Waals surface area contributed by atoms with Crippen LogP contribution in [0.25, 0.3) is 0 Å². The summed E-state index contributed by atoms with van der Waals surface area (Å²) in [5.41, 5.74) is 0. The summed E-state index contributed by atoms with van der Waals surface area (Å²) < 4.78 is 5.31. The predicted octanol–water partition coefficient (Wildman–Crippen LogP) is 0.0444. The van der Waals surface area contributed by atoms with Crippen molar-refractivity contribution in [2.24, 2.45) is 0 Å². The number of oxazole rings is 1. The quantitative estimate of drug-likeness (QED) is 0.667. The smallest absolute Gasteiger partial charge is 0.208 e. The Morgan fingerprint density at radius 1 is 1.75 bits per heavy atom. The lowest BCUT2D eigenvalue weighted by Gasteiger charge is -2.27. The highest BCUT2D eigenvalue weighted by molar-refractivity contribution is 4.91. The third-order valence-electron chi connectivity index (χ3n) is 1.99. The third-order valence-corrected chi connectivity index (χ3v) is 1.99. The molecule has 0 amide bonds. The number of hydrogen-bond acceptors (Lipinski definition) is 4. The lowest BCUT2D eigenvalue weighted by molar-refractivity contribution is 0.343. The Hall–Kier alpha value is -0.870. The molecule has 66 valence electrons. The van der Waals surface area contributed by atoms with E-state index in [1.807, 2.05) is 6.92 Å². The monoisotopic (exact) mass is 167 g/mol. The number of rotatable bonds is 3. The van der Waals surface area contributed by atoms with Gasteiger partial charge in [0, 0.05) is 19.1 Å². The van der Waals surface area contributed by atoms with Crippen molar-refractivity contribution in [1.29, 1.82) is 0 Å². The van der Waals surface area contributed by atoms with E-state index in [0.29, 0.717) is 6.04 Å². The van der Waals surface area contributed by atoms with Crippen LogP contribution >= 0.6 is 0 Å². The van der Waals surface area contributed by atoms with Gasteiger partial charge in [-0.25, -0.2) is 4.98 Å². The molecule has 2 heterocycles. The molecule has 1 aromatic heterocycles. The average molecular weight is 167 g/mol. The number of hydrogen-bond donors (Lipinski definition) is 2. The lowest BCUT2D eigenvalue weighted by atomic mass is 10.2. The maximum Gasteiger partial charge on any atom is 0.208 e. The molecule has 2 rings (SSSR count). The topological polar surface area (TPSA) is 50.1 Å². The first-order valence-corrected chi connectivity index (χ1v) is 4.20. The molecule has 0 radical (unpaired) electrons. The molecule has 0 spiro atoms. The fourth-order valence-corrected chi connectivity index (χ4v) is 1.15. The van der Waals surface area contributed by atoms with Crippen molar-refractivity contribution in [1.82, 2.24) is 15.6 Å². The first-order valence-electron chi connectivity index (χ1n) is 4.20. The molecular weight excluding hydrogens is 154 g/mol. The standard InChI is InChI=1S/C8H13N3O/c1-6-2-11-8(12-6)5-10-7-3-9-4-7/h2,7,9-10H,3-5H2,1H3. The van der Waals surface area contributed by atoms with Gasteiger partial charge in [-0.1, -0.05) is 0 Å². The van der Waals surface area contributed by atoms with Gasteiger partial charge in [-0.05, 0) is 6.92 Å². The van der Waals surface area contributed by atoms with E-state index in [2.05, 4.69) is 15.6 Å². The minimum atomic E-state index is 0.595. The summed E-state index contributed by atoms with van der Waals surface area (Å²) in [5.74, 6) is 1.65. The van der Waals surface area contributed by atoms with Gasteiger partial charge in [0.05, 0.1) is 12.7 Å². The van der Waals surface area contributed by atoms with Crippen molar-refractivity contribution in [2.45, 2.75) is 19.5 Å². The van der Waals surface area contributed by atoms with Gasteiger partial charge in [-0.2, -0.15) is 0 Å². The first kappa shape index (κ1) is 7.76.